The fourth-order valence-corrected chi connectivity index (χ4v) is 1.66. The van der Waals surface area contributed by atoms with Gasteiger partial charge in [0.1, 0.15) is 0 Å². The van der Waals surface area contributed by atoms with E-state index in [9.17, 15) is 9.59 Å². The van der Waals surface area contributed by atoms with Gasteiger partial charge in [-0.15, -0.1) is 0 Å². The van der Waals surface area contributed by atoms with E-state index in [1.54, 1.807) is 24.4 Å². The van der Waals surface area contributed by atoms with Crippen LogP contribution in [0.15, 0.2) is 41.6 Å². The highest BCUT2D eigenvalue weighted by Crippen LogP contribution is 2.18. The molecule has 0 saturated carbocycles. The lowest BCUT2D eigenvalue weighted by Crippen LogP contribution is -2.13. The Morgan fingerprint density at radius 2 is 2.24 bits per heavy atom. The van der Waals surface area contributed by atoms with Crippen molar-refractivity contribution in [2.24, 2.45) is 0 Å². The Kier molecular flexibility index (Phi) is 3.00. The van der Waals surface area contributed by atoms with E-state index in [0.29, 0.717) is 16.7 Å². The Bertz CT molecular complexity index is 590. The molecule has 0 aliphatic rings. The molecular formula is C12H10N2O3. The molecule has 0 saturated heterocycles. The summed E-state index contributed by atoms with van der Waals surface area (Å²) < 4.78 is 0. The van der Waals surface area contributed by atoms with Crippen molar-refractivity contribution in [3.8, 4) is 11.1 Å². The van der Waals surface area contributed by atoms with Crippen molar-refractivity contribution >= 4 is 5.97 Å². The quantitative estimate of drug-likeness (QED) is 0.826. The molecule has 0 unspecified atom stereocenters. The van der Waals surface area contributed by atoms with Crippen LogP contribution < -0.4 is 5.56 Å². The fraction of sp³-hybridized carbons (Fsp3) is 0.0833. The molecule has 17 heavy (non-hydrogen) atoms. The smallest absolute Gasteiger partial charge is 0.307 e. The molecule has 0 aliphatic heterocycles. The lowest BCUT2D eigenvalue weighted by molar-refractivity contribution is -0.136. The molecule has 0 amide bonds. The summed E-state index contributed by atoms with van der Waals surface area (Å²) in [7, 11) is 0. The van der Waals surface area contributed by atoms with Gasteiger partial charge in [0.25, 0.3) is 5.56 Å². The van der Waals surface area contributed by atoms with Crippen molar-refractivity contribution in [3.05, 3.63) is 52.7 Å². The van der Waals surface area contributed by atoms with Crippen molar-refractivity contribution in [1.82, 2.24) is 9.97 Å². The number of hydrogen-bond acceptors (Lipinski definition) is 3. The Balaban J connectivity index is 2.59. The van der Waals surface area contributed by atoms with Gasteiger partial charge in [-0.1, -0.05) is 6.07 Å². The molecule has 0 radical (unpaired) electrons. The number of H-pyrrole nitrogens is 1. The average molecular weight is 230 g/mol. The zero-order chi connectivity index (χ0) is 12.3. The summed E-state index contributed by atoms with van der Waals surface area (Å²) in [4.78, 5) is 28.9. The van der Waals surface area contributed by atoms with E-state index in [2.05, 4.69) is 9.97 Å². The van der Waals surface area contributed by atoms with Crippen LogP contribution in [0.25, 0.3) is 11.1 Å². The van der Waals surface area contributed by atoms with Crippen LogP contribution in [0.3, 0.4) is 0 Å². The molecule has 0 atom stereocenters. The lowest BCUT2D eigenvalue weighted by atomic mass is 10.0. The Hall–Kier alpha value is -2.43. The minimum atomic E-state index is -0.972. The number of carboxylic acid groups (broad SMARTS) is 1. The van der Waals surface area contributed by atoms with Crippen LogP contribution >= 0.6 is 0 Å². The van der Waals surface area contributed by atoms with Crippen LogP contribution in [0, 0.1) is 0 Å². The van der Waals surface area contributed by atoms with Crippen molar-refractivity contribution < 1.29 is 9.90 Å². The van der Waals surface area contributed by atoms with Gasteiger partial charge in [-0.3, -0.25) is 14.6 Å². The summed E-state index contributed by atoms with van der Waals surface area (Å²) in [5.74, 6) is -0.972. The van der Waals surface area contributed by atoms with Gasteiger partial charge in [0.05, 0.1) is 12.0 Å². The molecule has 0 aliphatic carbocycles. The predicted molar refractivity (Wildman–Crippen MR) is 61.6 cm³/mol. The van der Waals surface area contributed by atoms with Crippen molar-refractivity contribution in [2.45, 2.75) is 6.42 Å². The molecule has 5 heteroatoms. The number of aliphatic carboxylic acids is 1. The fourth-order valence-electron chi connectivity index (χ4n) is 1.66. The summed E-state index contributed by atoms with van der Waals surface area (Å²) in [6.07, 6.45) is 4.39. The number of pyridine rings is 2. The topological polar surface area (TPSA) is 83.0 Å². The SMILES string of the molecule is O=C(O)Cc1cc[nH]c(=O)c1-c1cccnc1. The number of aromatic amines is 1. The van der Waals surface area contributed by atoms with Gasteiger partial charge in [-0.2, -0.15) is 0 Å². The Morgan fingerprint density at radius 1 is 1.41 bits per heavy atom. The van der Waals surface area contributed by atoms with Gasteiger partial charge in [0, 0.05) is 24.2 Å². The number of hydrogen-bond donors (Lipinski definition) is 2. The first-order chi connectivity index (χ1) is 8.18. The molecule has 5 nitrogen and oxygen atoms in total. The molecule has 86 valence electrons. The van der Waals surface area contributed by atoms with E-state index < -0.39 is 5.97 Å². The van der Waals surface area contributed by atoms with Crippen LogP contribution in [0.1, 0.15) is 5.56 Å². The number of carbonyl (C=O) groups is 1. The van der Waals surface area contributed by atoms with E-state index >= 15 is 0 Å². The van der Waals surface area contributed by atoms with Crippen molar-refractivity contribution in [1.29, 1.82) is 0 Å². The highest BCUT2D eigenvalue weighted by molar-refractivity contribution is 5.75. The minimum absolute atomic E-state index is 0.186. The molecule has 0 spiro atoms. The lowest BCUT2D eigenvalue weighted by Gasteiger charge is -2.05. The van der Waals surface area contributed by atoms with Gasteiger partial charge in [-0.05, 0) is 17.7 Å². The maximum Gasteiger partial charge on any atom is 0.307 e. The second kappa shape index (κ2) is 4.61. The molecule has 2 aromatic rings. The molecule has 0 bridgehead atoms. The summed E-state index contributed by atoms with van der Waals surface area (Å²) in [5.41, 5.74) is 1.15. The minimum Gasteiger partial charge on any atom is -0.481 e. The summed E-state index contributed by atoms with van der Waals surface area (Å²) >= 11 is 0. The third-order valence-corrected chi connectivity index (χ3v) is 2.34. The van der Waals surface area contributed by atoms with Gasteiger partial charge < -0.3 is 10.1 Å². The normalized spacial score (nSPS) is 10.1. The summed E-state index contributed by atoms with van der Waals surface area (Å²) in [6.45, 7) is 0. The molecular weight excluding hydrogens is 220 g/mol. The number of nitrogens with zero attached hydrogens (tertiary/aromatic N) is 1. The van der Waals surface area contributed by atoms with Crippen molar-refractivity contribution in [2.75, 3.05) is 0 Å². The molecule has 0 aromatic carbocycles. The first-order valence-electron chi connectivity index (χ1n) is 5.01. The standard InChI is InChI=1S/C12H10N2O3/c15-10(16)6-8-3-5-14-12(17)11(8)9-2-1-4-13-7-9/h1-5,7H,6H2,(H,14,17)(H,15,16). The van der Waals surface area contributed by atoms with Gasteiger partial charge in [-0.25, -0.2) is 0 Å². The van der Waals surface area contributed by atoms with Crippen LogP contribution in [0.2, 0.25) is 0 Å². The zero-order valence-corrected chi connectivity index (χ0v) is 8.88. The second-order valence-electron chi connectivity index (χ2n) is 3.52. The second-order valence-corrected chi connectivity index (χ2v) is 3.52. The van der Waals surface area contributed by atoms with E-state index in [-0.39, 0.29) is 12.0 Å². The molecule has 2 heterocycles. The average Bonchev–Trinajstić information content (AvgIpc) is 2.29. The third-order valence-electron chi connectivity index (χ3n) is 2.34. The van der Waals surface area contributed by atoms with E-state index in [4.69, 9.17) is 5.11 Å². The highest BCUT2D eigenvalue weighted by atomic mass is 16.4. The number of carboxylic acids is 1. The van der Waals surface area contributed by atoms with Crippen LogP contribution in [0.4, 0.5) is 0 Å². The first kappa shape index (κ1) is 11.1. The molecule has 0 fully saturated rings. The van der Waals surface area contributed by atoms with E-state index in [0.717, 1.165) is 0 Å². The maximum absolute atomic E-state index is 11.7. The van der Waals surface area contributed by atoms with Gasteiger partial charge >= 0.3 is 5.97 Å². The van der Waals surface area contributed by atoms with E-state index in [1.165, 1.54) is 12.4 Å². The Labute approximate surface area is 96.8 Å². The number of rotatable bonds is 3. The molecule has 2 rings (SSSR count). The number of nitrogens with one attached hydrogen (secondary N) is 1. The monoisotopic (exact) mass is 230 g/mol. The zero-order valence-electron chi connectivity index (χ0n) is 8.88. The van der Waals surface area contributed by atoms with Crippen LogP contribution in [-0.2, 0) is 11.2 Å². The predicted octanol–water partition coefficient (Wildman–Crippen LogP) is 1.06. The third kappa shape index (κ3) is 2.39. The summed E-state index contributed by atoms with van der Waals surface area (Å²) in [6, 6.07) is 5.02. The Morgan fingerprint density at radius 3 is 2.88 bits per heavy atom. The molecule has 2 N–H and O–H groups in total. The number of aromatic nitrogens is 2. The van der Waals surface area contributed by atoms with Gasteiger partial charge in [0.15, 0.2) is 0 Å². The van der Waals surface area contributed by atoms with Crippen LogP contribution in [0.5, 0.6) is 0 Å². The highest BCUT2D eigenvalue weighted by Gasteiger charge is 2.12. The summed E-state index contributed by atoms with van der Waals surface area (Å²) in [5, 5.41) is 8.80. The van der Waals surface area contributed by atoms with Crippen LogP contribution in [-0.4, -0.2) is 21.0 Å². The molecule has 2 aromatic heterocycles. The van der Waals surface area contributed by atoms with E-state index in [1.807, 2.05) is 0 Å². The first-order valence-corrected chi connectivity index (χ1v) is 5.01. The van der Waals surface area contributed by atoms with Gasteiger partial charge in [0.2, 0.25) is 0 Å². The largest absolute Gasteiger partial charge is 0.481 e. The maximum atomic E-state index is 11.7. The van der Waals surface area contributed by atoms with Crippen molar-refractivity contribution in [3.63, 3.8) is 0 Å².